The molecular weight excluding hydrogens is 340 g/mol. The standard InChI is InChI=1S/C16H18N6O2S/c1-20-14-11(9-17-20)15(23)19-13(18-14)10-21-4-6-22(7-5-21)16(24)12-3-2-8-25-12/h2-3,8-9H,4-7,10H2,1H3,(H,18,19,23). The molecule has 1 N–H and O–H groups in total. The van der Waals surface area contributed by atoms with Gasteiger partial charge in [0.05, 0.1) is 17.6 Å². The molecule has 130 valence electrons. The van der Waals surface area contributed by atoms with E-state index in [4.69, 9.17) is 0 Å². The largest absolute Gasteiger partial charge is 0.335 e. The number of piperazine rings is 1. The van der Waals surface area contributed by atoms with E-state index < -0.39 is 0 Å². The smallest absolute Gasteiger partial charge is 0.264 e. The topological polar surface area (TPSA) is 87.1 Å². The molecule has 0 bridgehead atoms. The average molecular weight is 358 g/mol. The van der Waals surface area contributed by atoms with Gasteiger partial charge in [0.2, 0.25) is 0 Å². The molecule has 3 aromatic rings. The Balaban J connectivity index is 1.43. The number of rotatable bonds is 3. The first-order valence-corrected chi connectivity index (χ1v) is 8.96. The number of nitrogens with one attached hydrogen (secondary N) is 1. The normalized spacial score (nSPS) is 15.8. The first kappa shape index (κ1) is 16.0. The van der Waals surface area contributed by atoms with Crippen molar-refractivity contribution in [2.75, 3.05) is 26.2 Å². The highest BCUT2D eigenvalue weighted by Gasteiger charge is 2.23. The number of fused-ring (bicyclic) bond motifs is 1. The second kappa shape index (κ2) is 6.41. The van der Waals surface area contributed by atoms with Gasteiger partial charge in [-0.05, 0) is 11.4 Å². The van der Waals surface area contributed by atoms with Gasteiger partial charge >= 0.3 is 0 Å². The summed E-state index contributed by atoms with van der Waals surface area (Å²) in [7, 11) is 1.77. The van der Waals surface area contributed by atoms with Crippen molar-refractivity contribution in [2.45, 2.75) is 6.54 Å². The summed E-state index contributed by atoms with van der Waals surface area (Å²) in [4.78, 5) is 36.7. The molecule has 0 radical (unpaired) electrons. The highest BCUT2D eigenvalue weighted by atomic mass is 32.1. The number of nitrogens with zero attached hydrogens (tertiary/aromatic N) is 5. The number of aromatic nitrogens is 4. The van der Waals surface area contributed by atoms with Crippen LogP contribution in [-0.4, -0.2) is 61.6 Å². The number of thiophene rings is 1. The van der Waals surface area contributed by atoms with E-state index in [0.717, 1.165) is 18.0 Å². The Labute approximate surface area is 147 Å². The van der Waals surface area contributed by atoms with Gasteiger partial charge in [0.1, 0.15) is 11.2 Å². The number of hydrogen-bond acceptors (Lipinski definition) is 6. The SMILES string of the molecule is Cn1ncc2c(=O)[nH]c(CN3CCN(C(=O)c4cccs4)CC3)nc21. The van der Waals surface area contributed by atoms with Gasteiger partial charge in [-0.2, -0.15) is 5.10 Å². The maximum absolute atomic E-state index is 12.4. The van der Waals surface area contributed by atoms with Crippen LogP contribution >= 0.6 is 11.3 Å². The van der Waals surface area contributed by atoms with E-state index >= 15 is 0 Å². The second-order valence-corrected chi connectivity index (χ2v) is 7.01. The van der Waals surface area contributed by atoms with Gasteiger partial charge in [-0.1, -0.05) is 6.07 Å². The lowest BCUT2D eigenvalue weighted by atomic mass is 10.3. The minimum absolute atomic E-state index is 0.0949. The number of aryl methyl sites for hydroxylation is 1. The third kappa shape index (κ3) is 3.08. The number of H-pyrrole nitrogens is 1. The molecule has 4 heterocycles. The highest BCUT2D eigenvalue weighted by molar-refractivity contribution is 7.12. The molecule has 1 fully saturated rings. The van der Waals surface area contributed by atoms with Gasteiger partial charge in [0.15, 0.2) is 5.65 Å². The van der Waals surface area contributed by atoms with Crippen molar-refractivity contribution < 1.29 is 4.79 Å². The van der Waals surface area contributed by atoms with Gasteiger partial charge in [0.25, 0.3) is 11.5 Å². The van der Waals surface area contributed by atoms with Crippen molar-refractivity contribution in [3.8, 4) is 0 Å². The Hall–Kier alpha value is -2.52. The summed E-state index contributed by atoms with van der Waals surface area (Å²) in [6, 6.07) is 3.75. The molecule has 4 rings (SSSR count). The number of aromatic amines is 1. The molecule has 1 aliphatic heterocycles. The van der Waals surface area contributed by atoms with Crippen molar-refractivity contribution in [2.24, 2.45) is 7.05 Å². The summed E-state index contributed by atoms with van der Waals surface area (Å²) in [6.45, 7) is 3.41. The lowest BCUT2D eigenvalue weighted by Gasteiger charge is -2.34. The van der Waals surface area contributed by atoms with E-state index in [0.29, 0.717) is 36.5 Å². The minimum atomic E-state index is -0.167. The van der Waals surface area contributed by atoms with E-state index in [1.807, 2.05) is 22.4 Å². The van der Waals surface area contributed by atoms with E-state index in [1.54, 1.807) is 11.7 Å². The fourth-order valence-electron chi connectivity index (χ4n) is 3.03. The van der Waals surface area contributed by atoms with Crippen molar-refractivity contribution >= 4 is 28.3 Å². The van der Waals surface area contributed by atoms with Crippen LogP contribution in [0.15, 0.2) is 28.5 Å². The van der Waals surface area contributed by atoms with Crippen LogP contribution in [0, 0.1) is 0 Å². The zero-order valence-corrected chi connectivity index (χ0v) is 14.6. The second-order valence-electron chi connectivity index (χ2n) is 6.06. The fraction of sp³-hybridized carbons (Fsp3) is 0.375. The molecule has 0 saturated carbocycles. The molecule has 3 aromatic heterocycles. The average Bonchev–Trinajstić information content (AvgIpc) is 3.26. The first-order valence-electron chi connectivity index (χ1n) is 8.08. The highest BCUT2D eigenvalue weighted by Crippen LogP contribution is 2.14. The van der Waals surface area contributed by atoms with Crippen LogP contribution < -0.4 is 5.56 Å². The first-order chi connectivity index (χ1) is 12.1. The molecule has 1 saturated heterocycles. The van der Waals surface area contributed by atoms with E-state index in [9.17, 15) is 9.59 Å². The van der Waals surface area contributed by atoms with Crippen LogP contribution in [0.2, 0.25) is 0 Å². The lowest BCUT2D eigenvalue weighted by molar-refractivity contribution is 0.0630. The molecule has 1 amide bonds. The predicted molar refractivity (Wildman–Crippen MR) is 94.6 cm³/mol. The molecular formula is C16H18N6O2S. The number of carbonyl (C=O) groups is 1. The Bertz CT molecular complexity index is 953. The van der Waals surface area contributed by atoms with Crippen molar-refractivity contribution in [1.29, 1.82) is 0 Å². The van der Waals surface area contributed by atoms with Crippen LogP contribution in [0.3, 0.4) is 0 Å². The summed E-state index contributed by atoms with van der Waals surface area (Å²) < 4.78 is 1.60. The van der Waals surface area contributed by atoms with E-state index in [1.165, 1.54) is 17.5 Å². The van der Waals surface area contributed by atoms with E-state index in [2.05, 4.69) is 20.0 Å². The Kier molecular flexibility index (Phi) is 4.10. The molecule has 0 spiro atoms. The summed E-state index contributed by atoms with van der Waals surface area (Å²) >= 11 is 1.47. The van der Waals surface area contributed by atoms with Crippen LogP contribution in [0.1, 0.15) is 15.5 Å². The van der Waals surface area contributed by atoms with Crippen LogP contribution in [0.5, 0.6) is 0 Å². The van der Waals surface area contributed by atoms with E-state index in [-0.39, 0.29) is 11.5 Å². The molecule has 0 aromatic carbocycles. The molecule has 25 heavy (non-hydrogen) atoms. The fourth-order valence-corrected chi connectivity index (χ4v) is 3.72. The van der Waals surface area contributed by atoms with Crippen LogP contribution in [0.25, 0.3) is 11.0 Å². The molecule has 8 nitrogen and oxygen atoms in total. The van der Waals surface area contributed by atoms with Crippen molar-refractivity contribution in [3.05, 3.63) is 44.8 Å². The molecule has 0 atom stereocenters. The van der Waals surface area contributed by atoms with Crippen LogP contribution in [0.4, 0.5) is 0 Å². The maximum atomic E-state index is 12.4. The lowest BCUT2D eigenvalue weighted by Crippen LogP contribution is -2.48. The molecule has 0 unspecified atom stereocenters. The number of carbonyl (C=O) groups excluding carboxylic acids is 1. The maximum Gasteiger partial charge on any atom is 0.264 e. The monoisotopic (exact) mass is 358 g/mol. The minimum Gasteiger partial charge on any atom is -0.335 e. The summed E-state index contributed by atoms with van der Waals surface area (Å²) in [5.74, 6) is 0.719. The third-order valence-electron chi connectivity index (χ3n) is 4.42. The van der Waals surface area contributed by atoms with Crippen molar-refractivity contribution in [1.82, 2.24) is 29.5 Å². The summed E-state index contributed by atoms with van der Waals surface area (Å²) in [5, 5.41) is 6.49. The van der Waals surface area contributed by atoms with Gasteiger partial charge in [-0.3, -0.25) is 19.2 Å². The van der Waals surface area contributed by atoms with Gasteiger partial charge in [0, 0.05) is 33.2 Å². The quantitative estimate of drug-likeness (QED) is 0.744. The molecule has 0 aliphatic carbocycles. The zero-order chi connectivity index (χ0) is 17.4. The number of amides is 1. The third-order valence-corrected chi connectivity index (χ3v) is 5.27. The molecule has 1 aliphatic rings. The summed E-state index contributed by atoms with van der Waals surface area (Å²) in [6.07, 6.45) is 1.53. The zero-order valence-electron chi connectivity index (χ0n) is 13.8. The Morgan fingerprint density at radius 1 is 1.32 bits per heavy atom. The predicted octanol–water partition coefficient (Wildman–Crippen LogP) is 0.676. The Morgan fingerprint density at radius 3 is 2.84 bits per heavy atom. The summed E-state index contributed by atoms with van der Waals surface area (Å²) in [5.41, 5.74) is 0.421. The number of hydrogen-bond donors (Lipinski definition) is 1. The molecule has 9 heteroatoms. The Morgan fingerprint density at radius 2 is 2.12 bits per heavy atom. The van der Waals surface area contributed by atoms with Gasteiger partial charge < -0.3 is 9.88 Å². The van der Waals surface area contributed by atoms with Gasteiger partial charge in [-0.15, -0.1) is 11.3 Å². The van der Waals surface area contributed by atoms with Crippen LogP contribution in [-0.2, 0) is 13.6 Å². The van der Waals surface area contributed by atoms with Crippen molar-refractivity contribution in [3.63, 3.8) is 0 Å². The van der Waals surface area contributed by atoms with Gasteiger partial charge in [-0.25, -0.2) is 4.98 Å².